The number of carbonyl (C=O) groups excluding carboxylic acids is 4. The molecule has 0 saturated carbocycles. The van der Waals surface area contributed by atoms with Crippen LogP contribution in [0.5, 0.6) is 0 Å². The van der Waals surface area contributed by atoms with E-state index >= 15 is 0 Å². The summed E-state index contributed by atoms with van der Waals surface area (Å²) >= 11 is 0. The van der Waals surface area contributed by atoms with E-state index in [-0.39, 0.29) is 36.4 Å². The van der Waals surface area contributed by atoms with E-state index in [2.05, 4.69) is 0 Å². The predicted octanol–water partition coefficient (Wildman–Crippen LogP) is 3.01. The third-order valence-corrected chi connectivity index (χ3v) is 9.08. The lowest BCUT2D eigenvalue weighted by molar-refractivity contribution is -0.129. The number of nitrogens with two attached hydrogens (primary N) is 1. The van der Waals surface area contributed by atoms with Gasteiger partial charge < -0.3 is 34.8 Å². The van der Waals surface area contributed by atoms with E-state index in [9.17, 15) is 28.0 Å². The van der Waals surface area contributed by atoms with Gasteiger partial charge in [0.15, 0.2) is 0 Å². The molecule has 260 valence electrons. The molecule has 4 aliphatic rings. The summed E-state index contributed by atoms with van der Waals surface area (Å²) in [6.45, 7) is 10.7. The summed E-state index contributed by atoms with van der Waals surface area (Å²) in [6.07, 6.45) is -0.694. The fraction of sp³-hybridized carbons (Fsp3) is 0.515. The summed E-state index contributed by atoms with van der Waals surface area (Å²) in [6, 6.07) is 9.53. The van der Waals surface area contributed by atoms with Crippen LogP contribution in [-0.4, -0.2) is 118 Å². The van der Waals surface area contributed by atoms with Gasteiger partial charge in [-0.25, -0.2) is 18.4 Å². The highest BCUT2D eigenvalue weighted by Gasteiger charge is 2.33. The lowest BCUT2D eigenvalue weighted by Gasteiger charge is -2.35. The molecule has 2 aromatic rings. The average molecular weight is 672 g/mol. The summed E-state index contributed by atoms with van der Waals surface area (Å²) in [5.74, 6) is -0.680. The molecular formula is C33H43F2N7O6. The van der Waals surface area contributed by atoms with Crippen LogP contribution in [0, 0.1) is 11.6 Å². The molecule has 4 saturated heterocycles. The highest BCUT2D eigenvalue weighted by atomic mass is 19.1. The van der Waals surface area contributed by atoms with Gasteiger partial charge >= 0.3 is 12.2 Å². The zero-order chi connectivity index (χ0) is 34.5. The quantitative estimate of drug-likeness (QED) is 0.493. The highest BCUT2D eigenvalue weighted by Crippen LogP contribution is 2.30. The predicted molar refractivity (Wildman–Crippen MR) is 176 cm³/mol. The van der Waals surface area contributed by atoms with Crippen LogP contribution in [0.4, 0.5) is 41.1 Å². The molecule has 0 bridgehead atoms. The Balaban J connectivity index is 0.000000188. The number of carbonyl (C=O) groups is 4. The van der Waals surface area contributed by atoms with Gasteiger partial charge in [0, 0.05) is 72.8 Å². The number of rotatable bonds is 6. The second-order valence-electron chi connectivity index (χ2n) is 12.1. The van der Waals surface area contributed by atoms with Crippen LogP contribution in [-0.2, 0) is 19.1 Å². The molecule has 0 spiro atoms. The van der Waals surface area contributed by atoms with Crippen molar-refractivity contribution in [2.75, 3.05) is 91.6 Å². The first-order chi connectivity index (χ1) is 23.0. The molecule has 0 radical (unpaired) electrons. The van der Waals surface area contributed by atoms with Crippen molar-refractivity contribution in [2.45, 2.75) is 39.4 Å². The molecule has 15 heteroatoms. The minimum absolute atomic E-state index is 0.0347. The summed E-state index contributed by atoms with van der Waals surface area (Å²) in [5, 5.41) is 0. The van der Waals surface area contributed by atoms with Crippen LogP contribution in [0.15, 0.2) is 36.4 Å². The molecule has 4 aliphatic heterocycles. The summed E-state index contributed by atoms with van der Waals surface area (Å²) in [4.78, 5) is 56.6. The number of benzene rings is 2. The van der Waals surface area contributed by atoms with Crippen molar-refractivity contribution in [3.63, 3.8) is 0 Å². The fourth-order valence-corrected chi connectivity index (χ4v) is 6.16. The number of cyclic esters (lactones) is 2. The van der Waals surface area contributed by atoms with Gasteiger partial charge in [-0.3, -0.25) is 19.4 Å². The molecule has 0 aromatic heterocycles. The minimum atomic E-state index is -0.507. The van der Waals surface area contributed by atoms with E-state index in [4.69, 9.17) is 15.2 Å². The van der Waals surface area contributed by atoms with Gasteiger partial charge in [-0.15, -0.1) is 0 Å². The van der Waals surface area contributed by atoms with Gasteiger partial charge in [-0.1, -0.05) is 6.92 Å². The molecule has 2 aromatic carbocycles. The topological polar surface area (TPSA) is 132 Å². The van der Waals surface area contributed by atoms with Gasteiger partial charge in [0.2, 0.25) is 11.8 Å². The van der Waals surface area contributed by atoms with Crippen LogP contribution in [0.1, 0.15) is 27.2 Å². The van der Waals surface area contributed by atoms with E-state index < -0.39 is 18.0 Å². The number of piperazine rings is 2. The van der Waals surface area contributed by atoms with Gasteiger partial charge in [0.25, 0.3) is 0 Å². The van der Waals surface area contributed by atoms with Gasteiger partial charge in [-0.2, -0.15) is 0 Å². The molecule has 0 aliphatic carbocycles. The Morgan fingerprint density at radius 2 is 1.10 bits per heavy atom. The molecular weight excluding hydrogens is 628 g/mol. The van der Waals surface area contributed by atoms with Crippen molar-refractivity contribution in [3.05, 3.63) is 48.0 Å². The van der Waals surface area contributed by atoms with Gasteiger partial charge in [0.1, 0.15) is 23.8 Å². The van der Waals surface area contributed by atoms with Crippen molar-refractivity contribution < 1.29 is 37.4 Å². The number of ether oxygens (including phenoxy) is 2. The molecule has 4 fully saturated rings. The minimum Gasteiger partial charge on any atom is -0.444 e. The first-order valence-electron chi connectivity index (χ1n) is 16.2. The molecule has 48 heavy (non-hydrogen) atoms. The number of anilines is 4. The van der Waals surface area contributed by atoms with Gasteiger partial charge in [-0.05, 0) is 42.8 Å². The van der Waals surface area contributed by atoms with Crippen LogP contribution in [0.3, 0.4) is 0 Å². The smallest absolute Gasteiger partial charge is 0.414 e. The van der Waals surface area contributed by atoms with Crippen molar-refractivity contribution in [2.24, 2.45) is 5.73 Å². The van der Waals surface area contributed by atoms with Crippen LogP contribution in [0.2, 0.25) is 0 Å². The molecule has 4 amide bonds. The molecule has 2 atom stereocenters. The van der Waals surface area contributed by atoms with E-state index in [1.807, 2.05) is 16.7 Å². The normalized spacial score (nSPS) is 21.2. The average Bonchev–Trinajstić information content (AvgIpc) is 3.66. The third-order valence-electron chi connectivity index (χ3n) is 9.08. The van der Waals surface area contributed by atoms with Crippen LogP contribution in [0.25, 0.3) is 0 Å². The largest absolute Gasteiger partial charge is 0.444 e. The maximum Gasteiger partial charge on any atom is 0.414 e. The van der Waals surface area contributed by atoms with E-state index in [0.29, 0.717) is 88.2 Å². The highest BCUT2D eigenvalue weighted by molar-refractivity contribution is 5.90. The van der Waals surface area contributed by atoms with Crippen LogP contribution >= 0.6 is 0 Å². The first kappa shape index (κ1) is 34.7. The zero-order valence-electron chi connectivity index (χ0n) is 27.6. The molecule has 4 heterocycles. The van der Waals surface area contributed by atoms with Crippen molar-refractivity contribution in [1.82, 2.24) is 9.80 Å². The van der Waals surface area contributed by atoms with Crippen LogP contribution < -0.4 is 25.3 Å². The Morgan fingerprint density at radius 1 is 0.708 bits per heavy atom. The second kappa shape index (κ2) is 15.0. The Kier molecular flexibility index (Phi) is 10.9. The summed E-state index contributed by atoms with van der Waals surface area (Å²) in [7, 11) is 0. The maximum atomic E-state index is 14.5. The lowest BCUT2D eigenvalue weighted by atomic mass is 10.2. The molecule has 0 unspecified atom stereocenters. The molecule has 6 rings (SSSR count). The SMILES string of the molecule is CC(=O)N1CCN(c2ccc(N3C[C@H](CN)OC3=O)cc2F)CC1.CC[C@H]1CN(c2ccc(N3CCN(C(C)=O)CC3)c(F)c2)C(=O)O1. The Morgan fingerprint density at radius 3 is 1.42 bits per heavy atom. The fourth-order valence-electron chi connectivity index (χ4n) is 6.16. The first-order valence-corrected chi connectivity index (χ1v) is 16.2. The molecule has 13 nitrogen and oxygen atoms in total. The number of halogens is 2. The monoisotopic (exact) mass is 671 g/mol. The Hall–Kier alpha value is -4.66. The summed E-state index contributed by atoms with van der Waals surface area (Å²) < 4.78 is 39.4. The van der Waals surface area contributed by atoms with E-state index in [1.54, 1.807) is 41.0 Å². The second-order valence-corrected chi connectivity index (χ2v) is 12.1. The Labute approximate surface area is 278 Å². The number of hydrogen-bond acceptors (Lipinski definition) is 9. The maximum absolute atomic E-state index is 14.5. The van der Waals surface area contributed by atoms with Crippen molar-refractivity contribution in [3.8, 4) is 0 Å². The zero-order valence-corrected chi connectivity index (χ0v) is 27.6. The Bertz CT molecular complexity index is 1400. The standard InChI is InChI=1S/C17H22FN3O3.C16H21FN4O3/c1-3-14-11-21(17(23)24-14)13-4-5-16(15(18)10-13)20-8-6-19(7-9-20)12(2)22;1-11(22)19-4-6-20(7-5-19)15-3-2-12(8-14(15)17)21-10-13(9-18)24-16(21)23/h4-5,10,14H,3,6-9,11H2,1-2H3;2-3,8,13H,4-7,9-10,18H2,1H3/t14-;13-/m00/s1. The van der Waals surface area contributed by atoms with E-state index in [0.717, 1.165) is 6.42 Å². The van der Waals surface area contributed by atoms with Crippen molar-refractivity contribution in [1.29, 1.82) is 0 Å². The third kappa shape index (κ3) is 7.72. The number of nitrogens with zero attached hydrogens (tertiary/aromatic N) is 6. The van der Waals surface area contributed by atoms with Gasteiger partial charge in [0.05, 0.1) is 35.8 Å². The van der Waals surface area contributed by atoms with E-state index in [1.165, 1.54) is 28.9 Å². The number of amides is 4. The lowest BCUT2D eigenvalue weighted by Crippen LogP contribution is -2.48. The number of hydrogen-bond donors (Lipinski definition) is 1. The van der Waals surface area contributed by atoms with Crippen molar-refractivity contribution >= 4 is 46.8 Å². The molecule has 2 N–H and O–H groups in total. The summed E-state index contributed by atoms with van der Waals surface area (Å²) in [5.41, 5.74) is 7.46.